The van der Waals surface area contributed by atoms with Gasteiger partial charge in [-0.25, -0.2) is 4.79 Å². The van der Waals surface area contributed by atoms with E-state index in [2.05, 4.69) is 33.9 Å². The van der Waals surface area contributed by atoms with E-state index in [0.717, 1.165) is 0 Å². The van der Waals surface area contributed by atoms with E-state index < -0.39 is 19.3 Å². The van der Waals surface area contributed by atoms with E-state index in [9.17, 15) is 19.7 Å². The van der Waals surface area contributed by atoms with Crippen LogP contribution in [-0.2, 0) is 25.3 Å². The Morgan fingerprint density at radius 3 is 2.43 bits per heavy atom. The van der Waals surface area contributed by atoms with Gasteiger partial charge in [0.2, 0.25) is 0 Å². The molecule has 1 aromatic carbocycles. The third kappa shape index (κ3) is 8.80. The van der Waals surface area contributed by atoms with Crippen LogP contribution < -0.4 is 0 Å². The second-order valence-electron chi connectivity index (χ2n) is 10.2. The van der Waals surface area contributed by atoms with Crippen LogP contribution in [0.15, 0.2) is 24.3 Å². The molecule has 35 heavy (non-hydrogen) atoms. The summed E-state index contributed by atoms with van der Waals surface area (Å²) in [5.74, 6) is 1.07. The van der Waals surface area contributed by atoms with Crippen molar-refractivity contribution in [3.8, 4) is 0 Å². The molecule has 0 aromatic heterocycles. The van der Waals surface area contributed by atoms with E-state index in [1.807, 2.05) is 0 Å². The van der Waals surface area contributed by atoms with Crippen LogP contribution in [0.4, 0.5) is 10.5 Å². The van der Waals surface area contributed by atoms with Crippen LogP contribution in [0.1, 0.15) is 46.1 Å². The molecular weight excluding hydrogens is 488 g/mol. The number of esters is 1. The predicted molar refractivity (Wildman–Crippen MR) is 139 cm³/mol. The van der Waals surface area contributed by atoms with Crippen LogP contribution in [-0.4, -0.2) is 67.0 Å². The number of nitro groups is 1. The van der Waals surface area contributed by atoms with Gasteiger partial charge in [-0.05, 0) is 49.2 Å². The summed E-state index contributed by atoms with van der Waals surface area (Å²) in [5, 5.41) is 10.9. The van der Waals surface area contributed by atoms with E-state index in [4.69, 9.17) is 13.9 Å². The molecule has 9 nitrogen and oxygen atoms in total. The first-order chi connectivity index (χ1) is 16.3. The highest BCUT2D eigenvalue weighted by molar-refractivity contribution is 7.99. The van der Waals surface area contributed by atoms with E-state index in [1.54, 1.807) is 35.7 Å². The molecule has 1 saturated heterocycles. The maximum atomic E-state index is 13.0. The zero-order chi connectivity index (χ0) is 26.2. The lowest BCUT2D eigenvalue weighted by atomic mass is 10.2. The SMILES string of the molecule is CCOC(=O)CCSCC1CC(O[Si](C)(C)C(C)(C)C)CN1C(=O)OCc1ccc([N+](=O)[O-])cc1. The number of nitrogens with zero attached hydrogens (tertiary/aromatic N) is 2. The summed E-state index contributed by atoms with van der Waals surface area (Å²) in [4.78, 5) is 36.7. The Hall–Kier alpha value is -2.11. The number of benzene rings is 1. The number of carbonyl (C=O) groups is 2. The van der Waals surface area contributed by atoms with Gasteiger partial charge in [-0.1, -0.05) is 20.8 Å². The molecule has 2 atom stereocenters. The Balaban J connectivity index is 2.00. The minimum Gasteiger partial charge on any atom is -0.466 e. The number of non-ortho nitro benzene ring substituents is 1. The number of nitro benzene ring substituents is 1. The van der Waals surface area contributed by atoms with Crippen LogP contribution in [0, 0.1) is 10.1 Å². The molecule has 1 aromatic rings. The second kappa shape index (κ2) is 12.7. The maximum Gasteiger partial charge on any atom is 0.410 e. The Morgan fingerprint density at radius 1 is 1.20 bits per heavy atom. The van der Waals surface area contributed by atoms with E-state index in [0.29, 0.717) is 43.1 Å². The lowest BCUT2D eigenvalue weighted by molar-refractivity contribution is -0.384. The molecule has 11 heteroatoms. The summed E-state index contributed by atoms with van der Waals surface area (Å²) in [5.41, 5.74) is 0.669. The van der Waals surface area contributed by atoms with Crippen LogP contribution in [0.2, 0.25) is 18.1 Å². The van der Waals surface area contributed by atoms with Gasteiger partial charge in [-0.3, -0.25) is 14.9 Å². The van der Waals surface area contributed by atoms with Crippen LogP contribution in [0.3, 0.4) is 0 Å². The van der Waals surface area contributed by atoms with Gasteiger partial charge in [0, 0.05) is 36.2 Å². The summed E-state index contributed by atoms with van der Waals surface area (Å²) in [7, 11) is -2.01. The fourth-order valence-electron chi connectivity index (χ4n) is 3.48. The van der Waals surface area contributed by atoms with Gasteiger partial charge in [-0.15, -0.1) is 0 Å². The summed E-state index contributed by atoms with van der Waals surface area (Å²) in [6.07, 6.45) is 0.546. The zero-order valence-electron chi connectivity index (χ0n) is 21.6. The summed E-state index contributed by atoms with van der Waals surface area (Å²) >= 11 is 1.61. The lowest BCUT2D eigenvalue weighted by Gasteiger charge is -2.38. The lowest BCUT2D eigenvalue weighted by Crippen LogP contribution is -2.44. The molecule has 1 fully saturated rings. The van der Waals surface area contributed by atoms with Gasteiger partial charge >= 0.3 is 12.1 Å². The first-order valence-corrected chi connectivity index (χ1v) is 16.0. The molecule has 1 aliphatic heterocycles. The smallest absolute Gasteiger partial charge is 0.410 e. The molecule has 1 amide bonds. The summed E-state index contributed by atoms with van der Waals surface area (Å²) < 4.78 is 17.1. The minimum atomic E-state index is -2.01. The van der Waals surface area contributed by atoms with Crippen molar-refractivity contribution in [1.29, 1.82) is 0 Å². The molecule has 1 aliphatic rings. The van der Waals surface area contributed by atoms with Crippen molar-refractivity contribution in [2.75, 3.05) is 24.7 Å². The highest BCUT2D eigenvalue weighted by Gasteiger charge is 2.44. The Kier molecular flexibility index (Phi) is 10.6. The Labute approximate surface area is 213 Å². The van der Waals surface area contributed by atoms with Gasteiger partial charge in [-0.2, -0.15) is 11.8 Å². The molecule has 0 radical (unpaired) electrons. The highest BCUT2D eigenvalue weighted by Crippen LogP contribution is 2.39. The third-order valence-electron chi connectivity index (χ3n) is 6.45. The molecule has 1 heterocycles. The van der Waals surface area contributed by atoms with Crippen molar-refractivity contribution in [1.82, 2.24) is 4.90 Å². The second-order valence-corrected chi connectivity index (χ2v) is 16.1. The Morgan fingerprint density at radius 2 is 1.86 bits per heavy atom. The standard InChI is InChI=1S/C24H38N2O7SSi/c1-7-31-22(27)12-13-34-17-20-14-21(33-35(5,6)24(2,3)4)15-25(20)23(28)32-16-18-8-10-19(11-9-18)26(29)30/h8-11,20-21H,7,12-17H2,1-6H3. The number of ether oxygens (including phenoxy) is 2. The number of rotatable bonds is 11. The predicted octanol–water partition coefficient (Wildman–Crippen LogP) is 5.38. The van der Waals surface area contributed by atoms with E-state index in [1.165, 1.54) is 12.1 Å². The van der Waals surface area contributed by atoms with Crippen LogP contribution >= 0.6 is 11.8 Å². The third-order valence-corrected chi connectivity index (χ3v) is 12.1. The Bertz CT molecular complexity index is 874. The fourth-order valence-corrected chi connectivity index (χ4v) is 5.91. The maximum absolute atomic E-state index is 13.0. The number of carbonyl (C=O) groups excluding carboxylic acids is 2. The summed E-state index contributed by atoms with van der Waals surface area (Å²) in [6.45, 7) is 13.6. The average molecular weight is 527 g/mol. The number of amides is 1. The van der Waals surface area contributed by atoms with Gasteiger partial charge in [0.05, 0.1) is 24.1 Å². The molecule has 0 saturated carbocycles. The quantitative estimate of drug-likeness (QED) is 0.124. The molecule has 2 rings (SSSR count). The molecule has 0 aliphatic carbocycles. The first-order valence-electron chi connectivity index (χ1n) is 11.9. The van der Waals surface area contributed by atoms with Crippen molar-refractivity contribution in [2.24, 2.45) is 0 Å². The van der Waals surface area contributed by atoms with Gasteiger partial charge in [0.15, 0.2) is 8.32 Å². The van der Waals surface area contributed by atoms with Crippen molar-refractivity contribution in [3.63, 3.8) is 0 Å². The average Bonchev–Trinajstić information content (AvgIpc) is 3.16. The van der Waals surface area contributed by atoms with Crippen molar-refractivity contribution >= 4 is 37.8 Å². The molecule has 196 valence electrons. The normalized spacial score (nSPS) is 18.4. The molecule has 0 bridgehead atoms. The number of likely N-dealkylation sites (tertiary alicyclic amines) is 1. The monoisotopic (exact) mass is 526 g/mol. The number of hydrogen-bond donors (Lipinski definition) is 0. The highest BCUT2D eigenvalue weighted by atomic mass is 32.2. The van der Waals surface area contributed by atoms with Crippen LogP contribution in [0.25, 0.3) is 0 Å². The van der Waals surface area contributed by atoms with E-state index >= 15 is 0 Å². The van der Waals surface area contributed by atoms with Gasteiger partial charge in [0.1, 0.15) is 6.61 Å². The molecule has 0 spiro atoms. The number of thioether (sulfide) groups is 1. The first kappa shape index (κ1) is 29.1. The van der Waals surface area contributed by atoms with Crippen molar-refractivity contribution in [3.05, 3.63) is 39.9 Å². The largest absolute Gasteiger partial charge is 0.466 e. The topological polar surface area (TPSA) is 108 Å². The van der Waals surface area contributed by atoms with Gasteiger partial charge < -0.3 is 18.8 Å². The van der Waals surface area contributed by atoms with Crippen molar-refractivity contribution in [2.45, 2.75) is 77.4 Å². The molecule has 2 unspecified atom stereocenters. The van der Waals surface area contributed by atoms with Gasteiger partial charge in [0.25, 0.3) is 5.69 Å². The molecular formula is C24H38N2O7SSi. The summed E-state index contributed by atoms with van der Waals surface area (Å²) in [6, 6.07) is 5.89. The molecule has 0 N–H and O–H groups in total. The van der Waals surface area contributed by atoms with Crippen LogP contribution in [0.5, 0.6) is 0 Å². The van der Waals surface area contributed by atoms with Crippen molar-refractivity contribution < 1.29 is 28.4 Å². The number of hydrogen-bond acceptors (Lipinski definition) is 8. The zero-order valence-corrected chi connectivity index (χ0v) is 23.4. The fraction of sp³-hybridized carbons (Fsp3) is 0.667. The minimum absolute atomic E-state index is 0.00912. The van der Waals surface area contributed by atoms with E-state index in [-0.39, 0.29) is 35.4 Å².